The fraction of sp³-hybridized carbons (Fsp3) is 0.263. The van der Waals surface area contributed by atoms with Crippen molar-refractivity contribution in [1.82, 2.24) is 0 Å². The zero-order chi connectivity index (χ0) is 16.8. The van der Waals surface area contributed by atoms with Crippen LogP contribution in [0.15, 0.2) is 54.6 Å². The van der Waals surface area contributed by atoms with Gasteiger partial charge in [0.05, 0.1) is 31.1 Å². The first-order valence-corrected chi connectivity index (χ1v) is 8.09. The summed E-state index contributed by atoms with van der Waals surface area (Å²) >= 11 is 0. The van der Waals surface area contributed by atoms with Gasteiger partial charge in [0, 0.05) is 23.4 Å². The SMILES string of the molecule is O=[N+]([O-])c1ccc(N2CC[NH+](CC#Cc3ccccc3)CC2)cc1. The monoisotopic (exact) mass is 322 g/mol. The summed E-state index contributed by atoms with van der Waals surface area (Å²) in [7, 11) is 0. The van der Waals surface area contributed by atoms with Gasteiger partial charge in [-0.1, -0.05) is 24.1 Å². The molecule has 1 heterocycles. The molecule has 3 rings (SSSR count). The van der Waals surface area contributed by atoms with Gasteiger partial charge in [0.2, 0.25) is 0 Å². The third-order valence-electron chi connectivity index (χ3n) is 4.24. The zero-order valence-electron chi connectivity index (χ0n) is 13.4. The lowest BCUT2D eigenvalue weighted by atomic mass is 10.2. The van der Waals surface area contributed by atoms with Crippen LogP contribution in [0.2, 0.25) is 0 Å². The molecule has 1 N–H and O–H groups in total. The van der Waals surface area contributed by atoms with Crippen LogP contribution in [0.3, 0.4) is 0 Å². The van der Waals surface area contributed by atoms with Gasteiger partial charge in [0.1, 0.15) is 6.54 Å². The van der Waals surface area contributed by atoms with E-state index < -0.39 is 0 Å². The van der Waals surface area contributed by atoms with E-state index >= 15 is 0 Å². The zero-order valence-corrected chi connectivity index (χ0v) is 13.4. The van der Waals surface area contributed by atoms with E-state index in [1.165, 1.54) is 4.90 Å². The van der Waals surface area contributed by atoms with Crippen molar-refractivity contribution in [2.24, 2.45) is 0 Å². The van der Waals surface area contributed by atoms with Crippen LogP contribution in [0.5, 0.6) is 0 Å². The van der Waals surface area contributed by atoms with Crippen molar-refractivity contribution in [3.63, 3.8) is 0 Å². The highest BCUT2D eigenvalue weighted by molar-refractivity contribution is 5.51. The molecule has 1 aliphatic rings. The van der Waals surface area contributed by atoms with Crippen LogP contribution < -0.4 is 9.80 Å². The summed E-state index contributed by atoms with van der Waals surface area (Å²) in [4.78, 5) is 14.1. The largest absolute Gasteiger partial charge is 0.360 e. The van der Waals surface area contributed by atoms with Crippen LogP contribution in [-0.4, -0.2) is 37.6 Å². The molecule has 0 aromatic heterocycles. The lowest BCUT2D eigenvalue weighted by molar-refractivity contribution is -0.893. The number of rotatable bonds is 3. The Hall–Kier alpha value is -2.84. The van der Waals surface area contributed by atoms with Gasteiger partial charge >= 0.3 is 0 Å². The smallest absolute Gasteiger partial charge is 0.269 e. The highest BCUT2D eigenvalue weighted by atomic mass is 16.6. The molecule has 24 heavy (non-hydrogen) atoms. The summed E-state index contributed by atoms with van der Waals surface area (Å²) in [5.41, 5.74) is 2.25. The summed E-state index contributed by atoms with van der Waals surface area (Å²) in [6, 6.07) is 16.8. The number of hydrogen-bond donors (Lipinski definition) is 1. The first kappa shape index (κ1) is 16.0. The number of nitro benzene ring substituents is 1. The van der Waals surface area contributed by atoms with Gasteiger partial charge in [-0.05, 0) is 30.2 Å². The number of piperazine rings is 1. The molecule has 122 valence electrons. The summed E-state index contributed by atoms with van der Waals surface area (Å²) in [6.07, 6.45) is 0. The van der Waals surface area contributed by atoms with Gasteiger partial charge in [-0.25, -0.2) is 0 Å². The van der Waals surface area contributed by atoms with Crippen molar-refractivity contribution in [1.29, 1.82) is 0 Å². The highest BCUT2D eigenvalue weighted by Gasteiger charge is 2.19. The Balaban J connectivity index is 1.51. The molecular formula is C19H20N3O2+. The van der Waals surface area contributed by atoms with E-state index in [2.05, 4.69) is 16.7 Å². The van der Waals surface area contributed by atoms with E-state index in [1.54, 1.807) is 12.1 Å². The molecule has 0 aliphatic carbocycles. The summed E-state index contributed by atoms with van der Waals surface area (Å²) in [5.74, 6) is 6.47. The molecule has 2 aromatic rings. The normalized spacial score (nSPS) is 14.8. The molecular weight excluding hydrogens is 302 g/mol. The average molecular weight is 322 g/mol. The standard InChI is InChI=1S/C19H19N3O2/c23-22(24)19-10-8-18(9-11-19)21-15-13-20(14-16-21)12-4-7-17-5-2-1-3-6-17/h1-3,5-6,8-11H,12-16H2/p+1. The van der Waals surface area contributed by atoms with Gasteiger partial charge < -0.3 is 9.80 Å². The molecule has 0 amide bonds. The average Bonchev–Trinajstić information content (AvgIpc) is 2.63. The van der Waals surface area contributed by atoms with Crippen molar-refractivity contribution in [3.05, 3.63) is 70.3 Å². The maximum atomic E-state index is 10.7. The predicted octanol–water partition coefficient (Wildman–Crippen LogP) is 1.35. The summed E-state index contributed by atoms with van der Waals surface area (Å²) in [5, 5.41) is 10.7. The predicted molar refractivity (Wildman–Crippen MR) is 94.2 cm³/mol. The Bertz CT molecular complexity index is 740. The van der Waals surface area contributed by atoms with E-state index in [9.17, 15) is 10.1 Å². The van der Waals surface area contributed by atoms with Crippen LogP contribution in [0.1, 0.15) is 5.56 Å². The molecule has 0 atom stereocenters. The quantitative estimate of drug-likeness (QED) is 0.527. The Kier molecular flexibility index (Phi) is 5.09. The highest BCUT2D eigenvalue weighted by Crippen LogP contribution is 2.19. The number of quaternary nitrogens is 1. The first-order chi connectivity index (χ1) is 11.7. The van der Waals surface area contributed by atoms with Crippen molar-refractivity contribution in [2.45, 2.75) is 0 Å². The fourth-order valence-electron chi connectivity index (χ4n) is 2.84. The molecule has 1 fully saturated rings. The number of nitro groups is 1. The molecule has 0 unspecified atom stereocenters. The fourth-order valence-corrected chi connectivity index (χ4v) is 2.84. The first-order valence-electron chi connectivity index (χ1n) is 8.09. The van der Waals surface area contributed by atoms with Gasteiger partial charge in [-0.3, -0.25) is 10.1 Å². The second-order valence-corrected chi connectivity index (χ2v) is 5.86. The minimum Gasteiger partial charge on any atom is -0.360 e. The third kappa shape index (κ3) is 4.12. The third-order valence-corrected chi connectivity index (χ3v) is 4.24. The molecule has 1 saturated heterocycles. The lowest BCUT2D eigenvalue weighted by Crippen LogP contribution is -3.14. The van der Waals surface area contributed by atoms with Crippen LogP contribution in [-0.2, 0) is 0 Å². The van der Waals surface area contributed by atoms with Crippen LogP contribution in [0.25, 0.3) is 0 Å². The number of non-ortho nitro benzene ring substituents is 1. The van der Waals surface area contributed by atoms with Gasteiger partial charge in [-0.15, -0.1) is 0 Å². The maximum Gasteiger partial charge on any atom is 0.269 e. The van der Waals surface area contributed by atoms with Crippen LogP contribution in [0.4, 0.5) is 11.4 Å². The number of hydrogen-bond acceptors (Lipinski definition) is 3. The number of anilines is 1. The molecule has 5 heteroatoms. The van der Waals surface area contributed by atoms with E-state index in [-0.39, 0.29) is 10.6 Å². The second kappa shape index (κ2) is 7.62. The van der Waals surface area contributed by atoms with Crippen molar-refractivity contribution < 1.29 is 9.82 Å². The maximum absolute atomic E-state index is 10.7. The van der Waals surface area contributed by atoms with Crippen molar-refractivity contribution >= 4 is 11.4 Å². The van der Waals surface area contributed by atoms with Crippen LogP contribution in [0, 0.1) is 22.0 Å². The van der Waals surface area contributed by atoms with Gasteiger partial charge in [-0.2, -0.15) is 0 Å². The summed E-state index contributed by atoms with van der Waals surface area (Å²) < 4.78 is 0. The van der Waals surface area contributed by atoms with Gasteiger partial charge in [0.15, 0.2) is 0 Å². The molecule has 0 spiro atoms. The number of benzene rings is 2. The molecule has 0 bridgehead atoms. The molecule has 2 aromatic carbocycles. The van der Waals surface area contributed by atoms with Crippen molar-refractivity contribution in [3.8, 4) is 11.8 Å². The molecule has 5 nitrogen and oxygen atoms in total. The van der Waals surface area contributed by atoms with E-state index in [4.69, 9.17) is 0 Å². The number of nitrogens with zero attached hydrogens (tertiary/aromatic N) is 2. The number of nitrogens with one attached hydrogen (secondary N) is 1. The Morgan fingerprint density at radius 3 is 2.33 bits per heavy atom. The summed E-state index contributed by atoms with van der Waals surface area (Å²) in [6.45, 7) is 4.80. The Morgan fingerprint density at radius 1 is 1.04 bits per heavy atom. The molecule has 0 radical (unpaired) electrons. The van der Waals surface area contributed by atoms with E-state index in [1.807, 2.05) is 42.5 Å². The Labute approximate surface area is 141 Å². The molecule has 0 saturated carbocycles. The van der Waals surface area contributed by atoms with Crippen molar-refractivity contribution in [2.75, 3.05) is 37.6 Å². The Morgan fingerprint density at radius 2 is 1.71 bits per heavy atom. The van der Waals surface area contributed by atoms with E-state index in [0.717, 1.165) is 44.0 Å². The lowest BCUT2D eigenvalue weighted by Gasteiger charge is -2.32. The van der Waals surface area contributed by atoms with E-state index in [0.29, 0.717) is 0 Å². The topological polar surface area (TPSA) is 50.8 Å². The van der Waals surface area contributed by atoms with Gasteiger partial charge in [0.25, 0.3) is 5.69 Å². The minimum atomic E-state index is -0.364. The molecule has 1 aliphatic heterocycles. The van der Waals surface area contributed by atoms with Crippen LogP contribution >= 0.6 is 0 Å². The second-order valence-electron chi connectivity index (χ2n) is 5.86. The minimum absolute atomic E-state index is 0.138.